The van der Waals surface area contributed by atoms with Gasteiger partial charge in [-0.15, -0.1) is 11.3 Å². The van der Waals surface area contributed by atoms with Gasteiger partial charge in [0.2, 0.25) is 11.8 Å². The predicted molar refractivity (Wildman–Crippen MR) is 113 cm³/mol. The van der Waals surface area contributed by atoms with Crippen molar-refractivity contribution >= 4 is 56.6 Å². The van der Waals surface area contributed by atoms with Crippen molar-refractivity contribution in [2.24, 2.45) is 5.73 Å². The van der Waals surface area contributed by atoms with Crippen molar-refractivity contribution < 1.29 is 9.59 Å². The molecule has 2 aromatic heterocycles. The number of nitrogens with zero attached hydrogens (tertiary/aromatic N) is 2. The van der Waals surface area contributed by atoms with Gasteiger partial charge in [0.05, 0.1) is 11.1 Å². The molecule has 0 fully saturated rings. The first-order valence-corrected chi connectivity index (χ1v) is 10.7. The van der Waals surface area contributed by atoms with Gasteiger partial charge < -0.3 is 16.8 Å². The van der Waals surface area contributed by atoms with Gasteiger partial charge in [-0.3, -0.25) is 9.59 Å². The maximum absolute atomic E-state index is 12.2. The van der Waals surface area contributed by atoms with Crippen LogP contribution in [0.5, 0.6) is 0 Å². The first-order valence-electron chi connectivity index (χ1n) is 8.91. The summed E-state index contributed by atoms with van der Waals surface area (Å²) in [6, 6.07) is 6.42. The third kappa shape index (κ3) is 3.81. The molecule has 9 heteroatoms. The quantitative estimate of drug-likeness (QED) is 0.436. The van der Waals surface area contributed by atoms with Gasteiger partial charge in [0.1, 0.15) is 10.6 Å². The van der Waals surface area contributed by atoms with Crippen molar-refractivity contribution in [2.75, 3.05) is 16.8 Å². The smallest absolute Gasteiger partial charge is 0.248 e. The molecule has 2 amide bonds. The Hall–Kier alpha value is -2.65. The van der Waals surface area contributed by atoms with E-state index in [1.165, 1.54) is 35.0 Å². The lowest BCUT2D eigenvalue weighted by Crippen LogP contribution is -2.15. The molecule has 28 heavy (non-hydrogen) atoms. The maximum atomic E-state index is 12.2. The molecule has 0 atom stereocenters. The number of anilines is 2. The van der Waals surface area contributed by atoms with Gasteiger partial charge >= 0.3 is 0 Å². The number of benzene rings is 1. The highest BCUT2D eigenvalue weighted by molar-refractivity contribution is 7.99. The zero-order chi connectivity index (χ0) is 19.7. The summed E-state index contributed by atoms with van der Waals surface area (Å²) in [5, 5.41) is 4.27. The molecule has 0 spiro atoms. The number of hydrogen-bond acceptors (Lipinski definition) is 7. The van der Waals surface area contributed by atoms with E-state index in [1.54, 1.807) is 35.6 Å². The second kappa shape index (κ2) is 7.76. The molecule has 0 saturated carbocycles. The van der Waals surface area contributed by atoms with Gasteiger partial charge in [-0.1, -0.05) is 11.8 Å². The Bertz CT molecular complexity index is 1060. The summed E-state index contributed by atoms with van der Waals surface area (Å²) >= 11 is 2.93. The van der Waals surface area contributed by atoms with E-state index in [0.29, 0.717) is 22.2 Å². The number of aromatic nitrogens is 2. The summed E-state index contributed by atoms with van der Waals surface area (Å²) in [7, 11) is 0. The van der Waals surface area contributed by atoms with E-state index in [2.05, 4.69) is 15.3 Å². The number of primary amides is 1. The van der Waals surface area contributed by atoms with E-state index in [4.69, 9.17) is 11.5 Å². The molecule has 1 aliphatic rings. The summed E-state index contributed by atoms with van der Waals surface area (Å²) in [4.78, 5) is 34.6. The third-order valence-electron chi connectivity index (χ3n) is 4.61. The Morgan fingerprint density at radius 2 is 1.89 bits per heavy atom. The molecular weight excluding hydrogens is 394 g/mol. The molecule has 0 bridgehead atoms. The molecule has 0 aliphatic heterocycles. The van der Waals surface area contributed by atoms with Crippen LogP contribution in [0.1, 0.15) is 33.6 Å². The van der Waals surface area contributed by atoms with Crippen LogP contribution in [0, 0.1) is 0 Å². The van der Waals surface area contributed by atoms with Crippen LogP contribution in [-0.2, 0) is 17.6 Å². The molecule has 0 radical (unpaired) electrons. The fourth-order valence-electron chi connectivity index (χ4n) is 3.27. The van der Waals surface area contributed by atoms with Crippen molar-refractivity contribution in [1.29, 1.82) is 0 Å². The van der Waals surface area contributed by atoms with Crippen molar-refractivity contribution in [3.8, 4) is 0 Å². The molecule has 0 unspecified atom stereocenters. The zero-order valence-electron chi connectivity index (χ0n) is 15.0. The summed E-state index contributed by atoms with van der Waals surface area (Å²) < 4.78 is 0. The van der Waals surface area contributed by atoms with Crippen LogP contribution in [0.15, 0.2) is 29.4 Å². The van der Waals surface area contributed by atoms with Gasteiger partial charge in [-0.2, -0.15) is 0 Å². The maximum Gasteiger partial charge on any atom is 0.248 e. The van der Waals surface area contributed by atoms with Crippen LogP contribution in [0.2, 0.25) is 0 Å². The molecule has 4 rings (SSSR count). The lowest BCUT2D eigenvalue weighted by molar-refractivity contribution is -0.113. The minimum atomic E-state index is -0.506. The number of amides is 2. The normalized spacial score (nSPS) is 13.3. The van der Waals surface area contributed by atoms with E-state index in [9.17, 15) is 9.59 Å². The number of carbonyl (C=O) groups excluding carboxylic acids is 2. The predicted octanol–water partition coefficient (Wildman–Crippen LogP) is 2.98. The number of nitrogen functional groups attached to an aromatic ring is 1. The standard InChI is InChI=1S/C19H19N5O2S2/c20-16-15-12-3-1-2-4-13(12)28-18(15)24-19(23-16)27-9-14(25)22-11-7-5-10(6-8-11)17(21)26/h5-8H,1-4,9H2,(H2,21,26)(H,22,25)(H2,20,23,24). The average molecular weight is 414 g/mol. The first kappa shape index (κ1) is 18.7. The summed E-state index contributed by atoms with van der Waals surface area (Å²) in [6.45, 7) is 0. The fourth-order valence-corrected chi connectivity index (χ4v) is 5.25. The Labute approximate surface area is 169 Å². The summed E-state index contributed by atoms with van der Waals surface area (Å²) in [5.41, 5.74) is 13.7. The molecular formula is C19H19N5O2S2. The second-order valence-electron chi connectivity index (χ2n) is 6.56. The number of nitrogens with one attached hydrogen (secondary N) is 1. The van der Waals surface area contributed by atoms with E-state index in [-0.39, 0.29) is 11.7 Å². The van der Waals surface area contributed by atoms with Crippen molar-refractivity contribution in [3.05, 3.63) is 40.3 Å². The fraction of sp³-hybridized carbons (Fsp3) is 0.263. The van der Waals surface area contributed by atoms with Crippen LogP contribution in [0.4, 0.5) is 11.5 Å². The molecule has 0 saturated heterocycles. The lowest BCUT2D eigenvalue weighted by atomic mass is 9.97. The van der Waals surface area contributed by atoms with Crippen molar-refractivity contribution in [1.82, 2.24) is 9.97 Å². The number of thiophene rings is 1. The molecule has 2 heterocycles. The SMILES string of the molecule is NC(=O)c1ccc(NC(=O)CSc2nc(N)c3c4c(sc3n2)CCCC4)cc1. The van der Waals surface area contributed by atoms with Crippen molar-refractivity contribution in [3.63, 3.8) is 0 Å². The van der Waals surface area contributed by atoms with Crippen LogP contribution in [0.25, 0.3) is 10.2 Å². The first-order chi connectivity index (χ1) is 13.5. The Morgan fingerprint density at radius 1 is 1.14 bits per heavy atom. The van der Waals surface area contributed by atoms with E-state index in [1.807, 2.05) is 0 Å². The molecule has 3 aromatic rings. The molecule has 7 nitrogen and oxygen atoms in total. The van der Waals surface area contributed by atoms with Gasteiger partial charge in [-0.25, -0.2) is 9.97 Å². The molecule has 1 aromatic carbocycles. The van der Waals surface area contributed by atoms with Gasteiger partial charge in [0.25, 0.3) is 0 Å². The highest BCUT2D eigenvalue weighted by Crippen LogP contribution is 2.38. The van der Waals surface area contributed by atoms with Crippen LogP contribution < -0.4 is 16.8 Å². The zero-order valence-corrected chi connectivity index (χ0v) is 16.7. The molecule has 144 valence electrons. The molecule has 1 aliphatic carbocycles. The number of thioether (sulfide) groups is 1. The minimum absolute atomic E-state index is 0.160. The number of hydrogen-bond donors (Lipinski definition) is 3. The minimum Gasteiger partial charge on any atom is -0.383 e. The summed E-state index contributed by atoms with van der Waals surface area (Å²) in [5.74, 6) is -0.0408. The van der Waals surface area contributed by atoms with Crippen LogP contribution in [0.3, 0.4) is 0 Å². The Balaban J connectivity index is 1.43. The largest absolute Gasteiger partial charge is 0.383 e. The van der Waals surface area contributed by atoms with Gasteiger partial charge in [0.15, 0.2) is 5.16 Å². The number of aryl methyl sites for hydroxylation is 2. The van der Waals surface area contributed by atoms with Crippen LogP contribution in [-0.4, -0.2) is 27.5 Å². The number of fused-ring (bicyclic) bond motifs is 3. The molecule has 5 N–H and O–H groups in total. The van der Waals surface area contributed by atoms with E-state index >= 15 is 0 Å². The van der Waals surface area contributed by atoms with Crippen LogP contribution >= 0.6 is 23.1 Å². The Morgan fingerprint density at radius 3 is 2.64 bits per heavy atom. The van der Waals surface area contributed by atoms with Crippen molar-refractivity contribution in [2.45, 2.75) is 30.8 Å². The van der Waals surface area contributed by atoms with E-state index in [0.717, 1.165) is 23.1 Å². The monoisotopic (exact) mass is 413 g/mol. The average Bonchev–Trinajstić information content (AvgIpc) is 3.05. The number of carbonyl (C=O) groups is 2. The summed E-state index contributed by atoms with van der Waals surface area (Å²) in [6.07, 6.45) is 4.49. The third-order valence-corrected chi connectivity index (χ3v) is 6.64. The van der Waals surface area contributed by atoms with E-state index < -0.39 is 5.91 Å². The van der Waals surface area contributed by atoms with Gasteiger partial charge in [-0.05, 0) is 55.5 Å². The lowest BCUT2D eigenvalue weighted by Gasteiger charge is -2.10. The topological polar surface area (TPSA) is 124 Å². The number of nitrogens with two attached hydrogens (primary N) is 2. The highest BCUT2D eigenvalue weighted by atomic mass is 32.2. The number of rotatable bonds is 5. The highest BCUT2D eigenvalue weighted by Gasteiger charge is 2.20. The second-order valence-corrected chi connectivity index (χ2v) is 8.59. The van der Waals surface area contributed by atoms with Gasteiger partial charge in [0, 0.05) is 16.1 Å². The Kier molecular flexibility index (Phi) is 5.19.